The Labute approximate surface area is 164 Å². The highest BCUT2D eigenvalue weighted by atomic mass is 32.1. The van der Waals surface area contributed by atoms with Gasteiger partial charge in [-0.3, -0.25) is 14.0 Å². The molecular weight excluding hydrogens is 379 g/mol. The molecule has 3 heterocycles. The van der Waals surface area contributed by atoms with Crippen LogP contribution in [0.15, 0.2) is 21.7 Å². The molecule has 6 nitrogen and oxygen atoms in total. The zero-order chi connectivity index (χ0) is 19.8. The molecule has 2 aliphatic rings. The fourth-order valence-corrected chi connectivity index (χ4v) is 5.29. The standard InChI is InChI=1S/C20H23FN4O2S/c1-20(2,22)10-5-6-24(9-10)15-8-14-12(7-13(15)21)17(26)16-18(27)23-28-19(16)25(14)11-3-4-11/h7-8,10-11H,3-6,9,22H2,1-2H3,(H,23,27)/t10-/m1/s1. The number of fused-ring (bicyclic) bond motifs is 2. The number of pyridine rings is 1. The smallest absolute Gasteiger partial charge is 0.271 e. The lowest BCUT2D eigenvalue weighted by molar-refractivity contribution is 0.348. The van der Waals surface area contributed by atoms with Crippen molar-refractivity contribution in [3.63, 3.8) is 0 Å². The molecule has 1 aromatic carbocycles. The van der Waals surface area contributed by atoms with Gasteiger partial charge in [-0.2, -0.15) is 0 Å². The number of nitrogens with one attached hydrogen (secondary N) is 1. The van der Waals surface area contributed by atoms with Crippen molar-refractivity contribution in [2.24, 2.45) is 11.7 Å². The minimum atomic E-state index is -0.423. The minimum Gasteiger partial charge on any atom is -0.369 e. The first-order valence-electron chi connectivity index (χ1n) is 9.68. The Morgan fingerprint density at radius 2 is 2.00 bits per heavy atom. The second-order valence-electron chi connectivity index (χ2n) is 8.72. The number of hydrogen-bond donors (Lipinski definition) is 2. The van der Waals surface area contributed by atoms with E-state index in [0.717, 1.165) is 25.8 Å². The number of aromatic nitrogens is 2. The maximum absolute atomic E-state index is 15.0. The van der Waals surface area contributed by atoms with Crippen LogP contribution in [0.5, 0.6) is 0 Å². The minimum absolute atomic E-state index is 0.141. The van der Waals surface area contributed by atoms with Gasteiger partial charge < -0.3 is 15.2 Å². The van der Waals surface area contributed by atoms with Gasteiger partial charge in [0.05, 0.1) is 11.2 Å². The number of halogens is 1. The number of aromatic amines is 1. The summed E-state index contributed by atoms with van der Waals surface area (Å²) in [5.74, 6) is -0.140. The van der Waals surface area contributed by atoms with Crippen molar-refractivity contribution in [1.82, 2.24) is 8.94 Å². The largest absolute Gasteiger partial charge is 0.369 e. The Morgan fingerprint density at radius 3 is 2.64 bits per heavy atom. The highest BCUT2D eigenvalue weighted by Gasteiger charge is 2.34. The highest BCUT2D eigenvalue weighted by Crippen LogP contribution is 2.41. The molecule has 148 valence electrons. The van der Waals surface area contributed by atoms with Gasteiger partial charge in [0.25, 0.3) is 5.56 Å². The Kier molecular flexibility index (Phi) is 3.77. The van der Waals surface area contributed by atoms with E-state index in [1.165, 1.54) is 17.6 Å². The summed E-state index contributed by atoms with van der Waals surface area (Å²) in [6.07, 6.45) is 2.91. The zero-order valence-electron chi connectivity index (χ0n) is 15.9. The van der Waals surface area contributed by atoms with Crippen molar-refractivity contribution in [2.45, 2.75) is 44.7 Å². The third-order valence-electron chi connectivity index (χ3n) is 6.19. The molecule has 0 spiro atoms. The summed E-state index contributed by atoms with van der Waals surface area (Å²) in [4.78, 5) is 27.8. The third-order valence-corrected chi connectivity index (χ3v) is 7.07. The number of anilines is 1. The number of nitrogens with zero attached hydrogens (tertiary/aromatic N) is 2. The van der Waals surface area contributed by atoms with Crippen LogP contribution in [0.1, 0.15) is 39.2 Å². The van der Waals surface area contributed by atoms with Crippen LogP contribution in [0.3, 0.4) is 0 Å². The van der Waals surface area contributed by atoms with Crippen LogP contribution in [0, 0.1) is 11.7 Å². The molecule has 2 fully saturated rings. The van der Waals surface area contributed by atoms with E-state index in [0.29, 0.717) is 22.6 Å². The van der Waals surface area contributed by atoms with E-state index in [1.54, 1.807) is 6.07 Å². The van der Waals surface area contributed by atoms with E-state index in [9.17, 15) is 9.59 Å². The van der Waals surface area contributed by atoms with Crippen molar-refractivity contribution in [2.75, 3.05) is 18.0 Å². The maximum Gasteiger partial charge on any atom is 0.271 e. The monoisotopic (exact) mass is 402 g/mol. The second-order valence-corrected chi connectivity index (χ2v) is 9.51. The van der Waals surface area contributed by atoms with Gasteiger partial charge in [-0.25, -0.2) is 4.39 Å². The molecule has 1 atom stereocenters. The van der Waals surface area contributed by atoms with Crippen molar-refractivity contribution in [1.29, 1.82) is 0 Å². The first kappa shape index (κ1) is 17.9. The van der Waals surface area contributed by atoms with Crippen LogP contribution < -0.4 is 21.6 Å². The van der Waals surface area contributed by atoms with Gasteiger partial charge in [0.1, 0.15) is 16.0 Å². The van der Waals surface area contributed by atoms with Gasteiger partial charge in [-0.1, -0.05) is 0 Å². The van der Waals surface area contributed by atoms with Crippen molar-refractivity contribution < 1.29 is 4.39 Å². The van der Waals surface area contributed by atoms with Crippen LogP contribution in [0.2, 0.25) is 0 Å². The number of benzene rings is 1. The summed E-state index contributed by atoms with van der Waals surface area (Å²) in [5, 5.41) is 0.419. The van der Waals surface area contributed by atoms with Crippen LogP contribution in [-0.4, -0.2) is 27.6 Å². The summed E-state index contributed by atoms with van der Waals surface area (Å²) in [7, 11) is 0. The van der Waals surface area contributed by atoms with Gasteiger partial charge in [0.2, 0.25) is 5.43 Å². The lowest BCUT2D eigenvalue weighted by Gasteiger charge is -2.27. The van der Waals surface area contributed by atoms with E-state index in [2.05, 4.69) is 8.94 Å². The van der Waals surface area contributed by atoms with E-state index < -0.39 is 16.8 Å². The average Bonchev–Trinajstić information content (AvgIpc) is 3.19. The molecule has 0 radical (unpaired) electrons. The number of H-pyrrole nitrogens is 1. The van der Waals surface area contributed by atoms with Gasteiger partial charge >= 0.3 is 0 Å². The second kappa shape index (κ2) is 5.90. The van der Waals surface area contributed by atoms with Crippen LogP contribution in [0.25, 0.3) is 21.1 Å². The predicted octanol–water partition coefficient (Wildman–Crippen LogP) is 2.94. The normalized spacial score (nSPS) is 20.6. The lowest BCUT2D eigenvalue weighted by atomic mass is 9.88. The van der Waals surface area contributed by atoms with Crippen LogP contribution >= 0.6 is 11.5 Å². The summed E-state index contributed by atoms with van der Waals surface area (Å²) in [6.45, 7) is 5.45. The van der Waals surface area contributed by atoms with Crippen LogP contribution in [-0.2, 0) is 0 Å². The first-order chi connectivity index (χ1) is 13.3. The Morgan fingerprint density at radius 1 is 1.25 bits per heavy atom. The molecular formula is C20H23FN4O2S. The Bertz CT molecular complexity index is 1220. The fraction of sp³-hybridized carbons (Fsp3) is 0.500. The molecule has 28 heavy (non-hydrogen) atoms. The summed E-state index contributed by atoms with van der Waals surface area (Å²) >= 11 is 1.19. The van der Waals surface area contributed by atoms with E-state index in [4.69, 9.17) is 5.73 Å². The van der Waals surface area contributed by atoms with Crippen molar-refractivity contribution >= 4 is 38.3 Å². The lowest BCUT2D eigenvalue weighted by Crippen LogP contribution is -2.42. The fourth-order valence-electron chi connectivity index (χ4n) is 4.36. The van der Waals surface area contributed by atoms with Crippen LogP contribution in [0.4, 0.5) is 10.1 Å². The summed E-state index contributed by atoms with van der Waals surface area (Å²) < 4.78 is 19.8. The summed E-state index contributed by atoms with van der Waals surface area (Å²) in [6, 6.07) is 3.35. The number of hydrogen-bond acceptors (Lipinski definition) is 5. The molecule has 8 heteroatoms. The van der Waals surface area contributed by atoms with Gasteiger partial charge in [-0.05, 0) is 62.7 Å². The first-order valence-corrected chi connectivity index (χ1v) is 10.5. The molecule has 1 saturated carbocycles. The van der Waals surface area contributed by atoms with Gasteiger partial charge in [0.15, 0.2) is 0 Å². The quantitative estimate of drug-likeness (QED) is 0.706. The molecule has 1 saturated heterocycles. The average molecular weight is 402 g/mol. The molecule has 1 aliphatic heterocycles. The molecule has 0 bridgehead atoms. The molecule has 0 amide bonds. The van der Waals surface area contributed by atoms with Crippen molar-refractivity contribution in [3.05, 3.63) is 38.5 Å². The zero-order valence-corrected chi connectivity index (χ0v) is 16.7. The maximum atomic E-state index is 15.0. The molecule has 5 rings (SSSR count). The predicted molar refractivity (Wildman–Crippen MR) is 111 cm³/mol. The topological polar surface area (TPSA) is 84.1 Å². The van der Waals surface area contributed by atoms with Gasteiger partial charge in [-0.15, -0.1) is 0 Å². The third kappa shape index (κ3) is 2.62. The summed E-state index contributed by atoms with van der Waals surface area (Å²) in [5.41, 5.74) is 6.39. The molecule has 3 aromatic rings. The van der Waals surface area contributed by atoms with Gasteiger partial charge in [0, 0.05) is 30.1 Å². The Balaban J connectivity index is 1.73. The molecule has 0 unspecified atom stereocenters. The number of rotatable bonds is 3. The van der Waals surface area contributed by atoms with Crippen molar-refractivity contribution in [3.8, 4) is 0 Å². The molecule has 2 aromatic heterocycles. The van der Waals surface area contributed by atoms with E-state index in [1.807, 2.05) is 18.7 Å². The highest BCUT2D eigenvalue weighted by molar-refractivity contribution is 7.12. The molecule has 3 N–H and O–H groups in total. The van der Waals surface area contributed by atoms with E-state index in [-0.39, 0.29) is 28.3 Å². The Hall–Kier alpha value is -2.19. The molecule has 1 aliphatic carbocycles. The number of nitrogens with two attached hydrogens (primary N) is 1. The van der Waals surface area contributed by atoms with E-state index >= 15 is 4.39 Å². The SMILES string of the molecule is CC(C)(N)[C@@H]1CCN(c2cc3c(cc2F)c(=O)c2c(=O)[nH]sc2n3C2CC2)C1.